The van der Waals surface area contributed by atoms with E-state index in [1.165, 1.54) is 32.8 Å². The number of piperazine rings is 1. The van der Waals surface area contributed by atoms with Crippen LogP contribution in [0.3, 0.4) is 0 Å². The molecule has 1 atom stereocenters. The van der Waals surface area contributed by atoms with Gasteiger partial charge in [-0.05, 0) is 44.9 Å². The van der Waals surface area contributed by atoms with Crippen molar-refractivity contribution in [3.05, 3.63) is 41.2 Å². The van der Waals surface area contributed by atoms with Gasteiger partial charge in [-0.1, -0.05) is 5.21 Å². The van der Waals surface area contributed by atoms with Gasteiger partial charge >= 0.3 is 6.09 Å². The summed E-state index contributed by atoms with van der Waals surface area (Å²) in [4.78, 5) is 29.7. The number of hydrogen-bond acceptors (Lipinski definition) is 6. The normalized spacial score (nSPS) is 19.0. The number of hydrogen-bond donors (Lipinski definition) is 0. The number of ether oxygens (including phenoxy) is 1. The molecule has 2 aromatic rings. The molecular formula is C23H29F3N6O3. The van der Waals surface area contributed by atoms with Crippen LogP contribution < -0.4 is 4.90 Å². The van der Waals surface area contributed by atoms with Crippen molar-refractivity contribution in [2.75, 3.05) is 37.6 Å². The molecule has 2 aliphatic rings. The quantitative estimate of drug-likeness (QED) is 0.636. The lowest BCUT2D eigenvalue weighted by Crippen LogP contribution is -2.50. The van der Waals surface area contributed by atoms with Gasteiger partial charge in [-0.15, -0.1) is 5.10 Å². The Balaban J connectivity index is 1.41. The second-order valence-electron chi connectivity index (χ2n) is 9.75. The molecule has 0 saturated carbocycles. The summed E-state index contributed by atoms with van der Waals surface area (Å²) in [6.45, 7) is 6.10. The van der Waals surface area contributed by atoms with E-state index in [1.807, 2.05) is 0 Å². The average Bonchev–Trinajstić information content (AvgIpc) is 3.39. The zero-order chi connectivity index (χ0) is 25.3. The first-order valence-corrected chi connectivity index (χ1v) is 11.5. The molecule has 1 aromatic carbocycles. The minimum Gasteiger partial charge on any atom is -0.444 e. The van der Waals surface area contributed by atoms with E-state index in [0.29, 0.717) is 13.0 Å². The smallest absolute Gasteiger partial charge is 0.410 e. The fraction of sp³-hybridized carbons (Fsp3) is 0.565. The number of nitrogens with zero attached hydrogens (tertiary/aromatic N) is 6. The van der Waals surface area contributed by atoms with E-state index < -0.39 is 35.9 Å². The Morgan fingerprint density at radius 1 is 1.11 bits per heavy atom. The van der Waals surface area contributed by atoms with Gasteiger partial charge in [0.1, 0.15) is 42.0 Å². The summed E-state index contributed by atoms with van der Waals surface area (Å²) in [6.07, 6.45) is 1.36. The van der Waals surface area contributed by atoms with Crippen LogP contribution in [0.15, 0.2) is 18.3 Å². The van der Waals surface area contributed by atoms with Crippen molar-refractivity contribution in [3.8, 4) is 0 Å². The van der Waals surface area contributed by atoms with Crippen LogP contribution in [0.25, 0.3) is 0 Å². The Morgan fingerprint density at radius 2 is 1.77 bits per heavy atom. The third-order valence-electron chi connectivity index (χ3n) is 6.03. The zero-order valence-corrected chi connectivity index (χ0v) is 20.0. The highest BCUT2D eigenvalue weighted by Gasteiger charge is 2.35. The predicted molar refractivity (Wildman–Crippen MR) is 120 cm³/mol. The summed E-state index contributed by atoms with van der Waals surface area (Å²) < 4.78 is 49.5. The molecule has 190 valence electrons. The molecule has 3 heterocycles. The van der Waals surface area contributed by atoms with Crippen molar-refractivity contribution in [3.63, 3.8) is 0 Å². The number of halogens is 3. The highest BCUT2D eigenvalue weighted by Crippen LogP contribution is 2.34. The third kappa shape index (κ3) is 5.51. The summed E-state index contributed by atoms with van der Waals surface area (Å²) in [5.74, 6) is -2.46. The SMILES string of the molecule is CC(C)(C)OC(=O)N1CCN(c2c(F)cc([C@H]3CCN(Cn4cc(CF)nn4)C3=O)cc2F)CC1. The number of aromatic nitrogens is 3. The maximum absolute atomic E-state index is 15.1. The van der Waals surface area contributed by atoms with E-state index in [1.54, 1.807) is 25.7 Å². The summed E-state index contributed by atoms with van der Waals surface area (Å²) in [7, 11) is 0. The van der Waals surface area contributed by atoms with Crippen molar-refractivity contribution in [2.45, 2.75) is 52.1 Å². The van der Waals surface area contributed by atoms with Crippen molar-refractivity contribution < 1.29 is 27.5 Å². The zero-order valence-electron chi connectivity index (χ0n) is 20.0. The molecular weight excluding hydrogens is 465 g/mol. The maximum Gasteiger partial charge on any atom is 0.410 e. The van der Waals surface area contributed by atoms with Gasteiger partial charge in [0.05, 0.1) is 12.1 Å². The van der Waals surface area contributed by atoms with E-state index in [2.05, 4.69) is 10.3 Å². The molecule has 2 amide bonds. The molecule has 0 unspecified atom stereocenters. The Hall–Kier alpha value is -3.31. The molecule has 9 nitrogen and oxygen atoms in total. The number of amides is 2. The van der Waals surface area contributed by atoms with Crippen LogP contribution in [0.4, 0.5) is 23.7 Å². The first-order valence-electron chi connectivity index (χ1n) is 11.5. The van der Waals surface area contributed by atoms with E-state index >= 15 is 8.78 Å². The molecule has 0 N–H and O–H groups in total. The minimum atomic E-state index is -0.752. The van der Waals surface area contributed by atoms with Gasteiger partial charge < -0.3 is 19.4 Å². The monoisotopic (exact) mass is 494 g/mol. The first kappa shape index (κ1) is 24.8. The summed E-state index contributed by atoms with van der Waals surface area (Å²) >= 11 is 0. The van der Waals surface area contributed by atoms with Crippen LogP contribution in [0.5, 0.6) is 0 Å². The molecule has 2 fully saturated rings. The van der Waals surface area contributed by atoms with E-state index in [4.69, 9.17) is 4.74 Å². The van der Waals surface area contributed by atoms with Gasteiger partial charge in [0.15, 0.2) is 0 Å². The summed E-state index contributed by atoms with van der Waals surface area (Å²) in [5, 5.41) is 7.44. The molecule has 0 aliphatic carbocycles. The highest BCUT2D eigenvalue weighted by atomic mass is 19.1. The number of rotatable bonds is 5. The minimum absolute atomic E-state index is 0.0906. The molecule has 35 heavy (non-hydrogen) atoms. The molecule has 0 bridgehead atoms. The standard InChI is InChI=1S/C23H29F3N6O3/c1-23(2,3)35-22(34)30-8-6-29(7-9-30)20-18(25)10-15(11-19(20)26)17-4-5-31(21(17)33)14-32-13-16(12-24)27-28-32/h10-11,13,17H,4-9,12,14H2,1-3H3/t17-/m1/s1. The van der Waals surface area contributed by atoms with Crippen molar-refractivity contribution in [2.24, 2.45) is 0 Å². The van der Waals surface area contributed by atoms with Gasteiger partial charge in [-0.3, -0.25) is 4.79 Å². The first-order chi connectivity index (χ1) is 16.6. The molecule has 12 heteroatoms. The van der Waals surface area contributed by atoms with Crippen LogP contribution in [0.2, 0.25) is 0 Å². The van der Waals surface area contributed by atoms with Gasteiger partial charge in [0.2, 0.25) is 5.91 Å². The highest BCUT2D eigenvalue weighted by molar-refractivity contribution is 5.85. The van der Waals surface area contributed by atoms with Crippen LogP contribution in [0.1, 0.15) is 44.4 Å². The molecule has 0 spiro atoms. The topological polar surface area (TPSA) is 83.8 Å². The second kappa shape index (κ2) is 9.74. The van der Waals surface area contributed by atoms with Crippen LogP contribution in [-0.4, -0.2) is 75.1 Å². The Morgan fingerprint density at radius 3 is 2.34 bits per heavy atom. The van der Waals surface area contributed by atoms with Crippen LogP contribution in [-0.2, 0) is 22.9 Å². The van der Waals surface area contributed by atoms with Gasteiger partial charge in [-0.2, -0.15) is 0 Å². The Kier molecular flexibility index (Phi) is 6.91. The fourth-order valence-corrected chi connectivity index (χ4v) is 4.36. The number of carbonyl (C=O) groups excluding carboxylic acids is 2. The molecule has 2 saturated heterocycles. The number of alkyl halides is 1. The average molecular weight is 495 g/mol. The van der Waals surface area contributed by atoms with Crippen molar-refractivity contribution >= 4 is 17.7 Å². The summed E-state index contributed by atoms with van der Waals surface area (Å²) in [5.41, 5.74) is -0.352. The van der Waals surface area contributed by atoms with E-state index in [-0.39, 0.29) is 55.7 Å². The van der Waals surface area contributed by atoms with E-state index in [0.717, 1.165) is 0 Å². The lowest BCUT2D eigenvalue weighted by Gasteiger charge is -2.37. The van der Waals surface area contributed by atoms with Gasteiger partial charge in [0, 0.05) is 32.7 Å². The lowest BCUT2D eigenvalue weighted by atomic mass is 9.96. The molecule has 4 rings (SSSR count). The van der Waals surface area contributed by atoms with E-state index in [9.17, 15) is 14.0 Å². The number of anilines is 1. The van der Waals surface area contributed by atoms with Gasteiger partial charge in [0.25, 0.3) is 0 Å². The van der Waals surface area contributed by atoms with Crippen LogP contribution in [0, 0.1) is 11.6 Å². The molecule has 2 aliphatic heterocycles. The van der Waals surface area contributed by atoms with Crippen molar-refractivity contribution in [1.82, 2.24) is 24.8 Å². The lowest BCUT2D eigenvalue weighted by molar-refractivity contribution is -0.130. The fourth-order valence-electron chi connectivity index (χ4n) is 4.36. The molecule has 0 radical (unpaired) electrons. The summed E-state index contributed by atoms with van der Waals surface area (Å²) in [6, 6.07) is 2.42. The van der Waals surface area contributed by atoms with Gasteiger partial charge in [-0.25, -0.2) is 22.6 Å². The number of benzene rings is 1. The molecule has 1 aromatic heterocycles. The Bertz CT molecular complexity index is 1070. The maximum atomic E-state index is 15.1. The second-order valence-corrected chi connectivity index (χ2v) is 9.75. The number of likely N-dealkylation sites (tertiary alicyclic amines) is 1. The number of carbonyl (C=O) groups is 2. The van der Waals surface area contributed by atoms with Crippen LogP contribution >= 0.6 is 0 Å². The Labute approximate surface area is 201 Å². The third-order valence-corrected chi connectivity index (χ3v) is 6.03. The largest absolute Gasteiger partial charge is 0.444 e. The predicted octanol–water partition coefficient (Wildman–Crippen LogP) is 3.06. The van der Waals surface area contributed by atoms with Crippen molar-refractivity contribution in [1.29, 1.82) is 0 Å².